The molecule has 0 radical (unpaired) electrons. The molecule has 7 heteroatoms. The second-order valence-corrected chi connectivity index (χ2v) is 7.43. The maximum Gasteiger partial charge on any atom is 0.271 e. The van der Waals surface area contributed by atoms with Crippen LogP contribution in [0.25, 0.3) is 5.70 Å². The third-order valence-corrected chi connectivity index (χ3v) is 4.57. The van der Waals surface area contributed by atoms with E-state index in [1.54, 1.807) is 18.2 Å². The molecule has 0 aromatic heterocycles. The molecule has 5 N–H and O–H groups in total. The number of carbonyl (C=O) groups excluding carboxylic acids is 2. The molecule has 0 saturated carbocycles. The number of hydrogen-bond acceptors (Lipinski definition) is 6. The van der Waals surface area contributed by atoms with E-state index in [0.717, 1.165) is 17.5 Å². The zero-order valence-corrected chi connectivity index (χ0v) is 16.1. The second kappa shape index (κ2) is 7.26. The number of nitrogen functional groups attached to an aromatic ring is 1. The number of anilines is 1. The van der Waals surface area contributed by atoms with Crippen LogP contribution in [0.3, 0.4) is 0 Å². The van der Waals surface area contributed by atoms with Crippen LogP contribution >= 0.6 is 0 Å². The number of benzene rings is 2. The molecule has 1 amide bonds. The highest BCUT2D eigenvalue weighted by atomic mass is 16.1. The van der Waals surface area contributed by atoms with Crippen molar-refractivity contribution in [3.8, 4) is 0 Å². The number of fused-ring (bicyclic) bond motifs is 1. The van der Waals surface area contributed by atoms with E-state index in [9.17, 15) is 9.59 Å². The van der Waals surface area contributed by atoms with Crippen molar-refractivity contribution >= 4 is 28.8 Å². The lowest BCUT2D eigenvalue weighted by Crippen LogP contribution is -2.44. The summed E-state index contributed by atoms with van der Waals surface area (Å²) in [5, 5.41) is 11.6. The first-order chi connectivity index (χ1) is 13.2. The van der Waals surface area contributed by atoms with E-state index >= 15 is 0 Å². The molecule has 7 nitrogen and oxygen atoms in total. The molecule has 144 valence electrons. The van der Waals surface area contributed by atoms with Gasteiger partial charge >= 0.3 is 0 Å². The Kier molecular flexibility index (Phi) is 5.00. The molecule has 1 aliphatic rings. The summed E-state index contributed by atoms with van der Waals surface area (Å²) in [6.45, 7) is 5.49. The second-order valence-electron chi connectivity index (χ2n) is 7.43. The Hall–Kier alpha value is -3.48. The number of carbonyl (C=O) groups is 2. The Morgan fingerprint density at radius 3 is 2.50 bits per heavy atom. The number of hydrogen-bond donors (Lipinski definition) is 3. The Morgan fingerprint density at radius 1 is 1.11 bits per heavy atom. The molecule has 1 heterocycles. The topological polar surface area (TPSA) is 123 Å². The summed E-state index contributed by atoms with van der Waals surface area (Å²) in [5.41, 5.74) is 14.7. The maximum atomic E-state index is 12.2. The van der Waals surface area contributed by atoms with Gasteiger partial charge < -0.3 is 16.8 Å². The zero-order valence-electron chi connectivity index (χ0n) is 16.1. The van der Waals surface area contributed by atoms with E-state index in [0.29, 0.717) is 16.9 Å². The molecule has 0 aliphatic carbocycles. The first-order valence-corrected chi connectivity index (χ1v) is 8.91. The van der Waals surface area contributed by atoms with Crippen LogP contribution in [0.5, 0.6) is 0 Å². The number of rotatable bonds is 4. The number of para-hydroxylation sites is 1. The first-order valence-electron chi connectivity index (χ1n) is 8.91. The maximum absolute atomic E-state index is 12.2. The summed E-state index contributed by atoms with van der Waals surface area (Å²) in [4.78, 5) is 23.9. The van der Waals surface area contributed by atoms with E-state index in [1.807, 2.05) is 38.1 Å². The van der Waals surface area contributed by atoms with Crippen LogP contribution in [-0.2, 0) is 11.2 Å². The summed E-state index contributed by atoms with van der Waals surface area (Å²) < 4.78 is 0. The molecule has 2 aromatic carbocycles. The highest BCUT2D eigenvalue weighted by Gasteiger charge is 2.30. The number of nitrogens with zero attached hydrogens (tertiary/aromatic N) is 2. The smallest absolute Gasteiger partial charge is 0.271 e. The van der Waals surface area contributed by atoms with Crippen molar-refractivity contribution in [3.63, 3.8) is 0 Å². The quantitative estimate of drug-likeness (QED) is 0.327. The van der Waals surface area contributed by atoms with Crippen molar-refractivity contribution in [2.75, 3.05) is 5.73 Å². The third-order valence-electron chi connectivity index (χ3n) is 4.57. The summed E-state index contributed by atoms with van der Waals surface area (Å²) in [6, 6.07) is 12.7. The summed E-state index contributed by atoms with van der Waals surface area (Å²) >= 11 is 0. The molecule has 0 fully saturated rings. The van der Waals surface area contributed by atoms with Crippen LogP contribution < -0.4 is 16.8 Å². The summed E-state index contributed by atoms with van der Waals surface area (Å²) in [7, 11) is 0. The van der Waals surface area contributed by atoms with Gasteiger partial charge in [-0.25, -0.2) is 0 Å². The van der Waals surface area contributed by atoms with Crippen LogP contribution in [0.2, 0.25) is 0 Å². The van der Waals surface area contributed by atoms with Gasteiger partial charge in [-0.05, 0) is 44.9 Å². The van der Waals surface area contributed by atoms with Gasteiger partial charge in [0, 0.05) is 16.7 Å². The monoisotopic (exact) mass is 377 g/mol. The average molecular weight is 377 g/mol. The molecular weight excluding hydrogens is 354 g/mol. The Morgan fingerprint density at radius 2 is 1.82 bits per heavy atom. The van der Waals surface area contributed by atoms with E-state index in [2.05, 4.69) is 15.5 Å². The zero-order chi connectivity index (χ0) is 20.5. The molecule has 2 aromatic rings. The van der Waals surface area contributed by atoms with Crippen molar-refractivity contribution in [2.45, 2.75) is 32.7 Å². The molecule has 1 aliphatic heterocycles. The van der Waals surface area contributed by atoms with Gasteiger partial charge in [0.15, 0.2) is 11.5 Å². The van der Waals surface area contributed by atoms with Crippen LogP contribution in [0, 0.1) is 0 Å². The standard InChI is InChI=1S/C21H23N5O2/c1-12(27)14-9-6-10-16(17(14)22)25-26-19(20(23)28)18-15-8-5-4-7-13(15)11-21(2,3)24-18/h4-10,24H,11,22H2,1-3H3,(H2,23,28). The minimum absolute atomic E-state index is 0.00727. The van der Waals surface area contributed by atoms with Gasteiger partial charge in [-0.3, -0.25) is 9.59 Å². The normalized spacial score (nSPS) is 17.0. The van der Waals surface area contributed by atoms with Crippen molar-refractivity contribution in [1.82, 2.24) is 5.32 Å². The van der Waals surface area contributed by atoms with Crippen LogP contribution in [0.1, 0.15) is 42.3 Å². The van der Waals surface area contributed by atoms with Gasteiger partial charge in [0.05, 0.1) is 11.4 Å². The van der Waals surface area contributed by atoms with Gasteiger partial charge in [0.25, 0.3) is 5.91 Å². The van der Waals surface area contributed by atoms with Gasteiger partial charge in [-0.2, -0.15) is 0 Å². The number of nitrogens with two attached hydrogens (primary N) is 2. The van der Waals surface area contributed by atoms with Crippen molar-refractivity contribution in [2.24, 2.45) is 16.0 Å². The number of nitrogens with one attached hydrogen (secondary N) is 1. The van der Waals surface area contributed by atoms with Gasteiger partial charge in [-0.15, -0.1) is 10.2 Å². The fourth-order valence-corrected chi connectivity index (χ4v) is 3.30. The Labute approximate surface area is 163 Å². The number of amides is 1. The van der Waals surface area contributed by atoms with Crippen LogP contribution in [0.15, 0.2) is 58.4 Å². The summed E-state index contributed by atoms with van der Waals surface area (Å²) in [6.07, 6.45) is 0.795. The summed E-state index contributed by atoms with van der Waals surface area (Å²) in [5.74, 6) is -0.882. The average Bonchev–Trinajstić information content (AvgIpc) is 2.61. The van der Waals surface area contributed by atoms with Gasteiger partial charge in [0.2, 0.25) is 0 Å². The molecule has 0 spiro atoms. The van der Waals surface area contributed by atoms with Crippen molar-refractivity contribution < 1.29 is 9.59 Å². The molecule has 3 rings (SSSR count). The number of primary amides is 1. The number of azo groups is 1. The Balaban J connectivity index is 2.13. The molecule has 0 bridgehead atoms. The highest BCUT2D eigenvalue weighted by Crippen LogP contribution is 2.33. The predicted octanol–water partition coefficient (Wildman–Crippen LogP) is 3.33. The molecular formula is C21H23N5O2. The predicted molar refractivity (Wildman–Crippen MR) is 109 cm³/mol. The number of ketones is 1. The van der Waals surface area contributed by atoms with Gasteiger partial charge in [-0.1, -0.05) is 30.3 Å². The van der Waals surface area contributed by atoms with E-state index < -0.39 is 5.91 Å². The van der Waals surface area contributed by atoms with Crippen LogP contribution in [-0.4, -0.2) is 17.2 Å². The lowest BCUT2D eigenvalue weighted by Gasteiger charge is -2.35. The first kappa shape index (κ1) is 19.3. The molecule has 28 heavy (non-hydrogen) atoms. The minimum Gasteiger partial charge on any atom is -0.396 e. The van der Waals surface area contributed by atoms with Gasteiger partial charge in [0.1, 0.15) is 5.69 Å². The fraction of sp³-hybridized carbons (Fsp3) is 0.238. The Bertz CT molecular complexity index is 1020. The lowest BCUT2D eigenvalue weighted by atomic mass is 9.85. The SMILES string of the molecule is CC(=O)c1cccc(N=NC(C(N)=O)=C2NC(C)(C)Cc3ccccc32)c1N. The van der Waals surface area contributed by atoms with Crippen molar-refractivity contribution in [1.29, 1.82) is 0 Å². The van der Waals surface area contributed by atoms with E-state index in [4.69, 9.17) is 11.5 Å². The molecule has 0 atom stereocenters. The largest absolute Gasteiger partial charge is 0.396 e. The molecule has 0 unspecified atom stereocenters. The fourth-order valence-electron chi connectivity index (χ4n) is 3.30. The van der Waals surface area contributed by atoms with Crippen molar-refractivity contribution in [3.05, 3.63) is 64.9 Å². The van der Waals surface area contributed by atoms with E-state index in [1.165, 1.54) is 6.92 Å². The highest BCUT2D eigenvalue weighted by molar-refractivity contribution is 6.02. The number of Topliss-reactive ketones (excluding diaryl/α,β-unsaturated/α-hetero) is 1. The molecule has 0 saturated heterocycles. The minimum atomic E-state index is -0.708. The lowest BCUT2D eigenvalue weighted by molar-refractivity contribution is -0.114. The third kappa shape index (κ3) is 3.78. The van der Waals surface area contributed by atoms with Crippen LogP contribution in [0.4, 0.5) is 11.4 Å². The van der Waals surface area contributed by atoms with E-state index in [-0.39, 0.29) is 22.7 Å².